The fourth-order valence-corrected chi connectivity index (χ4v) is 2.12. The van der Waals surface area contributed by atoms with Crippen molar-refractivity contribution < 1.29 is 14.4 Å². The zero-order chi connectivity index (χ0) is 13.3. The average Bonchev–Trinajstić information content (AvgIpc) is 2.28. The summed E-state index contributed by atoms with van der Waals surface area (Å²) in [6.07, 6.45) is 0.0769. The van der Waals surface area contributed by atoms with Crippen molar-refractivity contribution in [1.29, 1.82) is 0 Å². The third kappa shape index (κ3) is 2.40. The number of nitrogens with two attached hydrogens (primary N) is 1. The predicted octanol–water partition coefficient (Wildman–Crippen LogP) is 1.74. The van der Waals surface area contributed by atoms with Crippen LogP contribution in [0.2, 0.25) is 5.02 Å². The molecule has 0 bridgehead atoms. The summed E-state index contributed by atoms with van der Waals surface area (Å²) in [5.41, 5.74) is 5.62. The van der Waals surface area contributed by atoms with Crippen molar-refractivity contribution in [3.05, 3.63) is 33.3 Å². The van der Waals surface area contributed by atoms with Gasteiger partial charge < -0.3 is 15.2 Å². The molecule has 1 aliphatic carbocycles. The lowest BCUT2D eigenvalue weighted by molar-refractivity contribution is -0.386. The highest BCUT2D eigenvalue weighted by molar-refractivity contribution is 6.30. The van der Waals surface area contributed by atoms with E-state index in [0.29, 0.717) is 11.4 Å². The lowest BCUT2D eigenvalue weighted by Crippen LogP contribution is -2.59. The van der Waals surface area contributed by atoms with Gasteiger partial charge in [0, 0.05) is 36.7 Å². The van der Waals surface area contributed by atoms with Crippen LogP contribution in [0.5, 0.6) is 5.75 Å². The summed E-state index contributed by atoms with van der Waals surface area (Å²) < 4.78 is 10.7. The Morgan fingerprint density at radius 1 is 1.56 bits per heavy atom. The number of nitro groups is 1. The van der Waals surface area contributed by atoms with Gasteiger partial charge >= 0.3 is 5.69 Å². The monoisotopic (exact) mass is 272 g/mol. The number of nitrogens with zero attached hydrogens (tertiary/aromatic N) is 1. The molecule has 0 aliphatic heterocycles. The lowest BCUT2D eigenvalue weighted by Gasteiger charge is -2.40. The quantitative estimate of drug-likeness (QED) is 0.666. The van der Waals surface area contributed by atoms with E-state index in [1.165, 1.54) is 25.3 Å². The van der Waals surface area contributed by atoms with E-state index >= 15 is 0 Å². The molecule has 6 nitrogen and oxygen atoms in total. The highest BCUT2D eigenvalue weighted by Crippen LogP contribution is 2.34. The van der Waals surface area contributed by atoms with E-state index in [-0.39, 0.29) is 29.7 Å². The van der Waals surface area contributed by atoms with Crippen LogP contribution in [0.15, 0.2) is 18.2 Å². The highest BCUT2D eigenvalue weighted by Gasteiger charge is 2.41. The maximum absolute atomic E-state index is 10.9. The second kappa shape index (κ2) is 5.09. The first-order valence-corrected chi connectivity index (χ1v) is 5.79. The van der Waals surface area contributed by atoms with E-state index in [1.807, 2.05) is 0 Å². The van der Waals surface area contributed by atoms with Crippen LogP contribution in [0.4, 0.5) is 5.69 Å². The maximum Gasteiger partial charge on any atom is 0.311 e. The van der Waals surface area contributed by atoms with Gasteiger partial charge in [0.25, 0.3) is 0 Å². The van der Waals surface area contributed by atoms with E-state index in [4.69, 9.17) is 26.8 Å². The van der Waals surface area contributed by atoms with Crippen LogP contribution in [0.3, 0.4) is 0 Å². The second-order valence-electron chi connectivity index (χ2n) is 4.13. The average molecular weight is 273 g/mol. The molecule has 0 heterocycles. The number of ether oxygens (including phenoxy) is 2. The van der Waals surface area contributed by atoms with Gasteiger partial charge in [0.05, 0.1) is 4.92 Å². The van der Waals surface area contributed by atoms with Crippen molar-refractivity contribution in [1.82, 2.24) is 0 Å². The zero-order valence-corrected chi connectivity index (χ0v) is 10.5. The van der Waals surface area contributed by atoms with Gasteiger partial charge in [-0.3, -0.25) is 10.1 Å². The van der Waals surface area contributed by atoms with E-state index in [0.717, 1.165) is 0 Å². The number of hydrogen-bond acceptors (Lipinski definition) is 5. The summed E-state index contributed by atoms with van der Waals surface area (Å²) in [7, 11) is 1.53. The molecule has 2 N–H and O–H groups in total. The number of hydrogen-bond donors (Lipinski definition) is 1. The van der Waals surface area contributed by atoms with Crippen molar-refractivity contribution in [3.8, 4) is 5.75 Å². The van der Waals surface area contributed by atoms with E-state index in [1.54, 1.807) is 0 Å². The smallest absolute Gasteiger partial charge is 0.311 e. The fourth-order valence-electron chi connectivity index (χ4n) is 1.95. The summed E-state index contributed by atoms with van der Waals surface area (Å²) >= 11 is 5.81. The Hall–Kier alpha value is -1.37. The number of nitro benzene ring substituents is 1. The molecule has 1 saturated carbocycles. The van der Waals surface area contributed by atoms with Gasteiger partial charge in [-0.2, -0.15) is 0 Å². The fraction of sp³-hybridized carbons (Fsp3) is 0.455. The first-order chi connectivity index (χ1) is 8.52. The summed E-state index contributed by atoms with van der Waals surface area (Å²) in [6.45, 7) is 0. The molecule has 0 saturated heterocycles. The third-order valence-electron chi connectivity index (χ3n) is 2.96. The minimum Gasteiger partial charge on any atom is -0.481 e. The summed E-state index contributed by atoms with van der Waals surface area (Å²) in [4.78, 5) is 10.4. The Morgan fingerprint density at radius 2 is 2.28 bits per heavy atom. The molecule has 1 fully saturated rings. The van der Waals surface area contributed by atoms with Gasteiger partial charge in [0.15, 0.2) is 5.75 Å². The van der Waals surface area contributed by atoms with Crippen molar-refractivity contribution in [2.45, 2.75) is 24.7 Å². The summed E-state index contributed by atoms with van der Waals surface area (Å²) in [5, 5.41) is 11.2. The van der Waals surface area contributed by atoms with Crippen molar-refractivity contribution >= 4 is 17.3 Å². The second-order valence-corrected chi connectivity index (χ2v) is 4.56. The van der Waals surface area contributed by atoms with E-state index < -0.39 is 4.92 Å². The van der Waals surface area contributed by atoms with Crippen LogP contribution in [0.25, 0.3) is 0 Å². The van der Waals surface area contributed by atoms with Crippen LogP contribution >= 0.6 is 11.6 Å². The Balaban J connectivity index is 2.18. The molecule has 1 aromatic carbocycles. The van der Waals surface area contributed by atoms with Crippen molar-refractivity contribution in [3.63, 3.8) is 0 Å². The Morgan fingerprint density at radius 3 is 2.83 bits per heavy atom. The number of rotatable bonds is 4. The SMILES string of the molecule is COC1C(N)CC1Oc1cc(Cl)ccc1[N+](=O)[O-]. The predicted molar refractivity (Wildman–Crippen MR) is 65.9 cm³/mol. The Kier molecular flexibility index (Phi) is 3.70. The molecule has 3 unspecified atom stereocenters. The van der Waals surface area contributed by atoms with Gasteiger partial charge in [-0.15, -0.1) is 0 Å². The molecule has 0 spiro atoms. The molecule has 98 valence electrons. The van der Waals surface area contributed by atoms with E-state index in [2.05, 4.69) is 0 Å². The topological polar surface area (TPSA) is 87.6 Å². The minimum absolute atomic E-state index is 0.0989. The molecule has 18 heavy (non-hydrogen) atoms. The molecule has 1 aliphatic rings. The molecule has 0 amide bonds. The number of halogens is 1. The van der Waals surface area contributed by atoms with Gasteiger partial charge in [-0.25, -0.2) is 0 Å². The standard InChI is InChI=1S/C11H13ClN2O4/c1-17-11-7(13)5-10(11)18-9-4-6(12)2-3-8(9)14(15)16/h2-4,7,10-11H,5,13H2,1H3. The molecular weight excluding hydrogens is 260 g/mol. The molecule has 0 aromatic heterocycles. The Bertz CT molecular complexity index is 468. The molecule has 1 aromatic rings. The zero-order valence-electron chi connectivity index (χ0n) is 9.71. The van der Waals surface area contributed by atoms with Gasteiger partial charge in [-0.1, -0.05) is 11.6 Å². The normalized spacial score (nSPS) is 26.5. The maximum atomic E-state index is 10.9. The molecule has 3 atom stereocenters. The summed E-state index contributed by atoms with van der Waals surface area (Å²) in [5.74, 6) is 0.145. The number of methoxy groups -OCH3 is 1. The van der Waals surface area contributed by atoms with Crippen LogP contribution in [0.1, 0.15) is 6.42 Å². The number of benzene rings is 1. The van der Waals surface area contributed by atoms with Crippen LogP contribution in [-0.4, -0.2) is 30.3 Å². The minimum atomic E-state index is -0.508. The van der Waals surface area contributed by atoms with Gasteiger partial charge in [0.2, 0.25) is 0 Å². The highest BCUT2D eigenvalue weighted by atomic mass is 35.5. The third-order valence-corrected chi connectivity index (χ3v) is 3.20. The van der Waals surface area contributed by atoms with Crippen LogP contribution in [0, 0.1) is 10.1 Å². The first-order valence-electron chi connectivity index (χ1n) is 5.42. The van der Waals surface area contributed by atoms with Crippen molar-refractivity contribution in [2.75, 3.05) is 7.11 Å². The molecule has 0 radical (unpaired) electrons. The van der Waals surface area contributed by atoms with Crippen molar-refractivity contribution in [2.24, 2.45) is 5.73 Å². The van der Waals surface area contributed by atoms with E-state index in [9.17, 15) is 10.1 Å². The molecule has 2 rings (SSSR count). The lowest BCUT2D eigenvalue weighted by atomic mass is 9.86. The first kappa shape index (κ1) is 13.1. The molecule has 7 heteroatoms. The van der Waals surface area contributed by atoms with Crippen LogP contribution < -0.4 is 10.5 Å². The van der Waals surface area contributed by atoms with Crippen LogP contribution in [-0.2, 0) is 4.74 Å². The molecular formula is C11H13ClN2O4. The van der Waals surface area contributed by atoms with Gasteiger partial charge in [0.1, 0.15) is 12.2 Å². The largest absolute Gasteiger partial charge is 0.481 e. The summed E-state index contributed by atoms with van der Waals surface area (Å²) in [6, 6.07) is 4.10. The van der Waals surface area contributed by atoms with Gasteiger partial charge in [-0.05, 0) is 6.07 Å². The Labute approximate surface area is 109 Å².